The maximum absolute atomic E-state index is 13.9. The molecule has 49 heavy (non-hydrogen) atoms. The fourth-order valence-corrected chi connectivity index (χ4v) is 6.40. The third kappa shape index (κ3) is 7.58. The molecule has 7 rings (SSSR count). The minimum absolute atomic E-state index is 0.0344. The van der Waals surface area contributed by atoms with Crippen molar-refractivity contribution in [1.82, 2.24) is 24.8 Å². The smallest absolute Gasteiger partial charge is 0.254 e. The van der Waals surface area contributed by atoms with E-state index in [1.807, 2.05) is 71.8 Å². The summed E-state index contributed by atoms with van der Waals surface area (Å²) in [6, 6.07) is 38.7. The Morgan fingerprint density at radius 1 is 0.735 bits per heavy atom. The SMILES string of the molecule is O=C(c1ccccc1Cn1cc(-c2cccc(NCc3ccccc3)c2)nn1)N1CCN(C(c2ccc(F)cc2)c2ccc(F)cc2)CC1. The van der Waals surface area contributed by atoms with Crippen LogP contribution in [0.2, 0.25) is 0 Å². The quantitative estimate of drug-likeness (QED) is 0.167. The molecule has 246 valence electrons. The van der Waals surface area contributed by atoms with Gasteiger partial charge in [-0.3, -0.25) is 9.69 Å². The number of benzene rings is 5. The number of piperazine rings is 1. The van der Waals surface area contributed by atoms with Crippen LogP contribution in [0.5, 0.6) is 0 Å². The van der Waals surface area contributed by atoms with Crippen LogP contribution in [-0.2, 0) is 13.1 Å². The van der Waals surface area contributed by atoms with Crippen LogP contribution in [0.1, 0.15) is 38.7 Å². The maximum Gasteiger partial charge on any atom is 0.254 e. The molecule has 0 aliphatic carbocycles. The van der Waals surface area contributed by atoms with Crippen molar-refractivity contribution in [3.05, 3.63) is 173 Å². The van der Waals surface area contributed by atoms with Crippen molar-refractivity contribution in [2.24, 2.45) is 0 Å². The van der Waals surface area contributed by atoms with E-state index in [2.05, 4.69) is 38.7 Å². The van der Waals surface area contributed by atoms with Crippen molar-refractivity contribution in [3.63, 3.8) is 0 Å². The van der Waals surface area contributed by atoms with Gasteiger partial charge in [-0.1, -0.05) is 90.1 Å². The number of halogens is 2. The Morgan fingerprint density at radius 3 is 2.08 bits per heavy atom. The first-order valence-corrected chi connectivity index (χ1v) is 16.4. The number of rotatable bonds is 10. The standard InChI is InChI=1S/C40H36F2N6O/c41-34-17-13-30(14-18-34)39(31-15-19-35(42)20-16-31)46-21-23-47(24-22-46)40(49)37-12-5-4-9-33(37)27-48-28-38(44-45-48)32-10-6-11-36(25-32)43-26-29-7-2-1-3-8-29/h1-20,25,28,39,43H,21-24,26-27H2. The van der Waals surface area contributed by atoms with Gasteiger partial charge in [0.05, 0.1) is 18.8 Å². The van der Waals surface area contributed by atoms with Crippen LogP contribution >= 0.6 is 0 Å². The Bertz CT molecular complexity index is 1960. The normalized spacial score (nSPS) is 13.5. The van der Waals surface area contributed by atoms with Crippen LogP contribution in [0, 0.1) is 11.6 Å². The highest BCUT2D eigenvalue weighted by Crippen LogP contribution is 2.31. The molecule has 0 bridgehead atoms. The molecule has 7 nitrogen and oxygen atoms in total. The van der Waals surface area contributed by atoms with Crippen molar-refractivity contribution in [2.75, 3.05) is 31.5 Å². The van der Waals surface area contributed by atoms with Crippen LogP contribution in [0.4, 0.5) is 14.5 Å². The summed E-state index contributed by atoms with van der Waals surface area (Å²) in [4.78, 5) is 18.0. The number of carbonyl (C=O) groups excluding carboxylic acids is 1. The third-order valence-corrected chi connectivity index (χ3v) is 8.95. The van der Waals surface area contributed by atoms with Crippen molar-refractivity contribution in [2.45, 2.75) is 19.1 Å². The number of amides is 1. The Morgan fingerprint density at radius 2 is 1.39 bits per heavy atom. The molecule has 0 atom stereocenters. The first kappa shape index (κ1) is 31.9. The molecule has 0 spiro atoms. The summed E-state index contributed by atoms with van der Waals surface area (Å²) in [6.45, 7) is 3.39. The topological polar surface area (TPSA) is 66.3 Å². The minimum Gasteiger partial charge on any atom is -0.381 e. The highest BCUT2D eigenvalue weighted by atomic mass is 19.1. The number of hydrogen-bond donors (Lipinski definition) is 1. The van der Waals surface area contributed by atoms with Gasteiger partial charge in [0.2, 0.25) is 0 Å². The Labute approximate surface area is 284 Å². The van der Waals surface area contributed by atoms with Gasteiger partial charge >= 0.3 is 0 Å². The Kier molecular flexibility index (Phi) is 9.52. The molecule has 0 saturated carbocycles. The van der Waals surface area contributed by atoms with Crippen LogP contribution in [0.3, 0.4) is 0 Å². The molecule has 9 heteroatoms. The number of hydrogen-bond acceptors (Lipinski definition) is 5. The molecule has 6 aromatic rings. The predicted octanol–water partition coefficient (Wildman–Crippen LogP) is 7.43. The lowest BCUT2D eigenvalue weighted by atomic mass is 9.96. The average molecular weight is 655 g/mol. The van der Waals surface area contributed by atoms with E-state index in [4.69, 9.17) is 0 Å². The second-order valence-corrected chi connectivity index (χ2v) is 12.2. The lowest BCUT2D eigenvalue weighted by Gasteiger charge is -2.40. The fourth-order valence-electron chi connectivity index (χ4n) is 6.40. The van der Waals surface area contributed by atoms with Gasteiger partial charge in [0, 0.05) is 49.5 Å². The number of nitrogens with zero attached hydrogens (tertiary/aromatic N) is 5. The van der Waals surface area contributed by atoms with Crippen molar-refractivity contribution >= 4 is 11.6 Å². The molecular weight excluding hydrogens is 618 g/mol. The highest BCUT2D eigenvalue weighted by molar-refractivity contribution is 5.95. The zero-order valence-electron chi connectivity index (χ0n) is 26.9. The Hall–Kier alpha value is -5.67. The molecule has 2 heterocycles. The van der Waals surface area contributed by atoms with Crippen molar-refractivity contribution in [1.29, 1.82) is 0 Å². The molecular formula is C40H36F2N6O. The summed E-state index contributed by atoms with van der Waals surface area (Å²) in [7, 11) is 0. The lowest BCUT2D eigenvalue weighted by molar-refractivity contribution is 0.0596. The summed E-state index contributed by atoms with van der Waals surface area (Å²) in [5.74, 6) is -0.648. The first-order valence-electron chi connectivity index (χ1n) is 16.4. The molecule has 1 aliphatic rings. The number of nitrogens with one attached hydrogen (secondary N) is 1. The van der Waals surface area contributed by atoms with Gasteiger partial charge in [-0.2, -0.15) is 0 Å². The van der Waals surface area contributed by atoms with Crippen LogP contribution in [0.25, 0.3) is 11.3 Å². The largest absolute Gasteiger partial charge is 0.381 e. The van der Waals surface area contributed by atoms with Gasteiger partial charge in [-0.15, -0.1) is 5.10 Å². The summed E-state index contributed by atoms with van der Waals surface area (Å²) in [5.41, 5.74) is 7.22. The lowest BCUT2D eigenvalue weighted by Crippen LogP contribution is -2.50. The van der Waals surface area contributed by atoms with E-state index >= 15 is 0 Å². The molecule has 1 amide bonds. The van der Waals surface area contributed by atoms with Gasteiger partial charge in [0.15, 0.2) is 0 Å². The fraction of sp³-hybridized carbons (Fsp3) is 0.175. The number of anilines is 1. The summed E-state index contributed by atoms with van der Waals surface area (Å²) in [6.07, 6.45) is 1.90. The monoisotopic (exact) mass is 654 g/mol. The first-order chi connectivity index (χ1) is 24.0. The predicted molar refractivity (Wildman–Crippen MR) is 187 cm³/mol. The van der Waals surface area contributed by atoms with E-state index < -0.39 is 0 Å². The van der Waals surface area contributed by atoms with Crippen molar-refractivity contribution < 1.29 is 13.6 Å². The van der Waals surface area contributed by atoms with Gasteiger partial charge in [-0.25, -0.2) is 13.5 Å². The molecule has 1 N–H and O–H groups in total. The maximum atomic E-state index is 13.9. The average Bonchev–Trinajstić information content (AvgIpc) is 3.62. The number of aromatic nitrogens is 3. The summed E-state index contributed by atoms with van der Waals surface area (Å²) >= 11 is 0. The van der Waals surface area contributed by atoms with Crippen molar-refractivity contribution in [3.8, 4) is 11.3 Å². The molecule has 0 radical (unpaired) electrons. The number of carbonyl (C=O) groups is 1. The summed E-state index contributed by atoms with van der Waals surface area (Å²) < 4.78 is 29.3. The van der Waals surface area contributed by atoms with E-state index in [1.54, 1.807) is 28.9 Å². The van der Waals surface area contributed by atoms with Crippen LogP contribution in [0.15, 0.2) is 134 Å². The molecule has 1 aromatic heterocycles. The molecule has 1 fully saturated rings. The minimum atomic E-state index is -0.307. The van der Waals surface area contributed by atoms with E-state index in [-0.39, 0.29) is 23.6 Å². The third-order valence-electron chi connectivity index (χ3n) is 8.95. The molecule has 5 aromatic carbocycles. The van der Waals surface area contributed by atoms with Gasteiger partial charge < -0.3 is 10.2 Å². The summed E-state index contributed by atoms with van der Waals surface area (Å²) in [5, 5.41) is 12.3. The zero-order chi connectivity index (χ0) is 33.6. The van der Waals surface area contributed by atoms with E-state index in [0.717, 1.165) is 40.2 Å². The second kappa shape index (κ2) is 14.6. The van der Waals surface area contributed by atoms with Crippen LogP contribution < -0.4 is 5.32 Å². The highest BCUT2D eigenvalue weighted by Gasteiger charge is 2.29. The van der Waals surface area contributed by atoms with E-state index in [9.17, 15) is 13.6 Å². The molecule has 0 unspecified atom stereocenters. The van der Waals surface area contributed by atoms with Gasteiger partial charge in [-0.05, 0) is 64.7 Å². The van der Waals surface area contributed by atoms with E-state index in [0.29, 0.717) is 38.3 Å². The van der Waals surface area contributed by atoms with Gasteiger partial charge in [0.1, 0.15) is 17.3 Å². The van der Waals surface area contributed by atoms with E-state index in [1.165, 1.54) is 29.8 Å². The van der Waals surface area contributed by atoms with Gasteiger partial charge in [0.25, 0.3) is 5.91 Å². The Balaban J connectivity index is 1.02. The van der Waals surface area contributed by atoms with Crippen LogP contribution in [-0.4, -0.2) is 56.9 Å². The molecule has 1 saturated heterocycles. The molecule has 1 aliphatic heterocycles. The zero-order valence-corrected chi connectivity index (χ0v) is 26.9. The second-order valence-electron chi connectivity index (χ2n) is 12.2.